The van der Waals surface area contributed by atoms with Gasteiger partial charge in [0.05, 0.1) is 15.6 Å². The van der Waals surface area contributed by atoms with E-state index >= 15 is 0 Å². The number of ether oxygens (including phenoxy) is 1. The summed E-state index contributed by atoms with van der Waals surface area (Å²) >= 11 is 7.38. The standard InChI is InChI=1S/C23H16ClFN2O2S/c24-19-3-1-2-4-20(19)26-23-27-22(28)21(30-23)13-15-7-11-18(12-8-15)29-14-16-5-9-17(25)10-6-16/h1-13H,14H2,(H,26,27,28)/b21-13+. The SMILES string of the molecule is O=C1NC(=Nc2ccccc2Cl)S/C1=C/c1ccc(OCc2ccc(F)cc2)cc1. The van der Waals surface area contributed by atoms with Crippen LogP contribution in [-0.4, -0.2) is 11.1 Å². The zero-order valence-corrected chi connectivity index (χ0v) is 17.2. The molecule has 1 aliphatic rings. The van der Waals surface area contributed by atoms with Crippen LogP contribution in [0.4, 0.5) is 10.1 Å². The first-order chi connectivity index (χ1) is 14.6. The molecule has 3 aromatic rings. The van der Waals surface area contributed by atoms with Crippen LogP contribution >= 0.6 is 23.4 Å². The Morgan fingerprint density at radius 2 is 1.77 bits per heavy atom. The van der Waals surface area contributed by atoms with Crippen molar-refractivity contribution in [2.45, 2.75) is 6.61 Å². The molecule has 1 N–H and O–H groups in total. The number of benzene rings is 3. The lowest BCUT2D eigenvalue weighted by atomic mass is 10.2. The molecular formula is C23H16ClFN2O2S. The molecule has 0 spiro atoms. The van der Waals surface area contributed by atoms with Gasteiger partial charge in [-0.15, -0.1) is 0 Å². The molecule has 0 atom stereocenters. The van der Waals surface area contributed by atoms with E-state index in [2.05, 4.69) is 10.3 Å². The van der Waals surface area contributed by atoms with Gasteiger partial charge in [-0.1, -0.05) is 48.0 Å². The number of amides is 1. The summed E-state index contributed by atoms with van der Waals surface area (Å²) in [7, 11) is 0. The van der Waals surface area contributed by atoms with Crippen molar-refractivity contribution in [3.8, 4) is 5.75 Å². The third-order valence-corrected chi connectivity index (χ3v) is 5.45. The quantitative estimate of drug-likeness (QED) is 0.501. The maximum Gasteiger partial charge on any atom is 0.264 e. The predicted molar refractivity (Wildman–Crippen MR) is 119 cm³/mol. The first kappa shape index (κ1) is 20.2. The minimum atomic E-state index is -0.273. The lowest BCUT2D eigenvalue weighted by Crippen LogP contribution is -2.19. The second-order valence-electron chi connectivity index (χ2n) is 6.42. The Kier molecular flexibility index (Phi) is 6.16. The number of halogens is 2. The van der Waals surface area contributed by atoms with Gasteiger partial charge >= 0.3 is 0 Å². The van der Waals surface area contributed by atoms with Crippen LogP contribution in [0.1, 0.15) is 11.1 Å². The van der Waals surface area contributed by atoms with Crippen LogP contribution in [0, 0.1) is 5.82 Å². The number of aliphatic imine (C=N–C) groups is 1. The van der Waals surface area contributed by atoms with Gasteiger partial charge in [0, 0.05) is 0 Å². The van der Waals surface area contributed by atoms with Crippen LogP contribution in [0.5, 0.6) is 5.75 Å². The molecule has 0 saturated carbocycles. The molecule has 4 rings (SSSR count). The summed E-state index contributed by atoms with van der Waals surface area (Å²) in [4.78, 5) is 17.2. The molecule has 1 heterocycles. The third kappa shape index (κ3) is 5.09. The molecule has 30 heavy (non-hydrogen) atoms. The Balaban J connectivity index is 1.41. The van der Waals surface area contributed by atoms with Gasteiger partial charge in [0.2, 0.25) is 0 Å². The number of thioether (sulfide) groups is 1. The number of para-hydroxylation sites is 1. The molecule has 0 aromatic heterocycles. The summed E-state index contributed by atoms with van der Waals surface area (Å²) in [5.41, 5.74) is 2.35. The summed E-state index contributed by atoms with van der Waals surface area (Å²) in [6.45, 7) is 0.348. The Bertz CT molecular complexity index is 1130. The maximum absolute atomic E-state index is 13.0. The van der Waals surface area contributed by atoms with E-state index in [0.29, 0.717) is 33.1 Å². The Labute approximate surface area is 182 Å². The molecule has 150 valence electrons. The lowest BCUT2D eigenvalue weighted by molar-refractivity contribution is -0.115. The molecule has 0 unspecified atom stereocenters. The van der Waals surface area contributed by atoms with Crippen molar-refractivity contribution < 1.29 is 13.9 Å². The van der Waals surface area contributed by atoms with Gasteiger partial charge in [-0.25, -0.2) is 9.38 Å². The van der Waals surface area contributed by atoms with Crippen molar-refractivity contribution in [2.24, 2.45) is 4.99 Å². The third-order valence-electron chi connectivity index (χ3n) is 4.22. The van der Waals surface area contributed by atoms with E-state index in [1.54, 1.807) is 30.3 Å². The van der Waals surface area contributed by atoms with E-state index in [9.17, 15) is 9.18 Å². The van der Waals surface area contributed by atoms with Crippen LogP contribution in [0.25, 0.3) is 6.08 Å². The first-order valence-corrected chi connectivity index (χ1v) is 10.3. The highest BCUT2D eigenvalue weighted by Crippen LogP contribution is 2.31. The smallest absolute Gasteiger partial charge is 0.264 e. The molecule has 7 heteroatoms. The van der Waals surface area contributed by atoms with Crippen molar-refractivity contribution in [3.05, 3.63) is 99.7 Å². The largest absolute Gasteiger partial charge is 0.489 e. The van der Waals surface area contributed by atoms with E-state index < -0.39 is 0 Å². The van der Waals surface area contributed by atoms with E-state index in [1.807, 2.05) is 36.4 Å². The normalized spacial score (nSPS) is 16.1. The van der Waals surface area contributed by atoms with Crippen molar-refractivity contribution in [1.29, 1.82) is 0 Å². The summed E-state index contributed by atoms with van der Waals surface area (Å²) in [6.07, 6.45) is 1.79. The Hall–Kier alpha value is -3.09. The van der Waals surface area contributed by atoms with E-state index in [4.69, 9.17) is 16.3 Å². The van der Waals surface area contributed by atoms with E-state index in [0.717, 1.165) is 11.1 Å². The highest BCUT2D eigenvalue weighted by atomic mass is 35.5. The molecule has 1 amide bonds. The number of nitrogens with one attached hydrogen (secondary N) is 1. The topological polar surface area (TPSA) is 50.7 Å². The van der Waals surface area contributed by atoms with Crippen LogP contribution in [0.2, 0.25) is 5.02 Å². The predicted octanol–water partition coefficient (Wildman–Crippen LogP) is 5.95. The number of amidine groups is 1. The number of hydrogen-bond acceptors (Lipinski definition) is 4. The fourth-order valence-corrected chi connectivity index (χ4v) is 3.70. The minimum Gasteiger partial charge on any atom is -0.489 e. The average Bonchev–Trinajstić information content (AvgIpc) is 3.09. The van der Waals surface area contributed by atoms with Crippen LogP contribution in [0.15, 0.2) is 82.7 Å². The maximum atomic E-state index is 13.0. The fraction of sp³-hybridized carbons (Fsp3) is 0.0435. The second-order valence-corrected chi connectivity index (χ2v) is 7.86. The number of carbonyl (C=O) groups excluding carboxylic acids is 1. The van der Waals surface area contributed by atoms with E-state index in [1.165, 1.54) is 23.9 Å². The second kappa shape index (κ2) is 9.15. The van der Waals surface area contributed by atoms with Crippen molar-refractivity contribution in [1.82, 2.24) is 5.32 Å². The van der Waals surface area contributed by atoms with Gasteiger partial charge in [0.15, 0.2) is 5.17 Å². The number of hydrogen-bond donors (Lipinski definition) is 1. The molecule has 0 aliphatic carbocycles. The summed E-state index contributed by atoms with van der Waals surface area (Å²) in [6, 6.07) is 20.8. The fourth-order valence-electron chi connectivity index (χ4n) is 2.69. The molecule has 4 nitrogen and oxygen atoms in total. The molecule has 0 radical (unpaired) electrons. The molecule has 0 bridgehead atoms. The van der Waals surface area contributed by atoms with Crippen molar-refractivity contribution >= 4 is 46.2 Å². The number of rotatable bonds is 5. The first-order valence-electron chi connectivity index (χ1n) is 9.08. The van der Waals surface area contributed by atoms with Gasteiger partial charge in [-0.3, -0.25) is 4.79 Å². The molecule has 3 aromatic carbocycles. The minimum absolute atomic E-state index is 0.206. The monoisotopic (exact) mass is 438 g/mol. The van der Waals surface area contributed by atoms with Crippen molar-refractivity contribution in [3.63, 3.8) is 0 Å². The van der Waals surface area contributed by atoms with Gasteiger partial charge < -0.3 is 10.1 Å². The molecular weight excluding hydrogens is 423 g/mol. The van der Waals surface area contributed by atoms with Gasteiger partial charge in [0.1, 0.15) is 18.2 Å². The average molecular weight is 439 g/mol. The zero-order chi connectivity index (χ0) is 20.9. The van der Waals surface area contributed by atoms with Gasteiger partial charge in [0.25, 0.3) is 5.91 Å². The number of nitrogens with zero attached hydrogens (tertiary/aromatic N) is 1. The highest BCUT2D eigenvalue weighted by molar-refractivity contribution is 8.18. The molecule has 1 aliphatic heterocycles. The van der Waals surface area contributed by atoms with Crippen LogP contribution in [-0.2, 0) is 11.4 Å². The Morgan fingerprint density at radius 3 is 2.50 bits per heavy atom. The van der Waals surface area contributed by atoms with Gasteiger partial charge in [-0.05, 0) is 65.4 Å². The summed E-state index contributed by atoms with van der Waals surface area (Å²) < 4.78 is 18.7. The van der Waals surface area contributed by atoms with Crippen molar-refractivity contribution in [2.75, 3.05) is 0 Å². The summed E-state index contributed by atoms with van der Waals surface area (Å²) in [5, 5.41) is 3.76. The molecule has 1 fully saturated rings. The number of carbonyl (C=O) groups is 1. The van der Waals surface area contributed by atoms with Crippen LogP contribution in [0.3, 0.4) is 0 Å². The van der Waals surface area contributed by atoms with Crippen LogP contribution < -0.4 is 10.1 Å². The Morgan fingerprint density at radius 1 is 1.03 bits per heavy atom. The zero-order valence-electron chi connectivity index (χ0n) is 15.6. The highest BCUT2D eigenvalue weighted by Gasteiger charge is 2.24. The van der Waals surface area contributed by atoms with E-state index in [-0.39, 0.29) is 11.7 Å². The summed E-state index contributed by atoms with van der Waals surface area (Å²) in [5.74, 6) is 0.207. The molecule has 1 saturated heterocycles. The van der Waals surface area contributed by atoms with Gasteiger partial charge in [-0.2, -0.15) is 0 Å². The lowest BCUT2D eigenvalue weighted by Gasteiger charge is -2.06.